The van der Waals surface area contributed by atoms with Crippen LogP contribution in [0.15, 0.2) is 73.2 Å². The quantitative estimate of drug-likeness (QED) is 0.276. The molecule has 1 saturated carbocycles. The zero-order valence-corrected chi connectivity index (χ0v) is 26.2. The Kier molecular flexibility index (Phi) is 10.4. The summed E-state index contributed by atoms with van der Waals surface area (Å²) < 4.78 is 7.69. The van der Waals surface area contributed by atoms with E-state index in [1.165, 1.54) is 67.4 Å². The summed E-state index contributed by atoms with van der Waals surface area (Å²) in [4.78, 5) is 19.9. The first-order valence-corrected chi connectivity index (χ1v) is 15.5. The van der Waals surface area contributed by atoms with Crippen LogP contribution in [-0.2, 0) is 24.9 Å². The van der Waals surface area contributed by atoms with Crippen LogP contribution in [0.3, 0.4) is 0 Å². The van der Waals surface area contributed by atoms with Gasteiger partial charge in [0.05, 0.1) is 24.5 Å². The fraction of sp³-hybridized carbons (Fsp3) is 0.400. The molecule has 44 heavy (non-hydrogen) atoms. The molecular formula is C35H45N7O2. The van der Waals surface area contributed by atoms with Crippen LogP contribution in [0.5, 0.6) is 0 Å². The first kappa shape index (κ1) is 31.4. The number of hydrogen-bond acceptors (Lipinski definition) is 7. The molecule has 2 aromatic carbocycles. The highest BCUT2D eigenvalue weighted by atomic mass is 16.5. The zero-order chi connectivity index (χ0) is 31.1. The molecule has 1 unspecified atom stereocenters. The van der Waals surface area contributed by atoms with E-state index in [1.54, 1.807) is 23.1 Å². The Hall–Kier alpha value is -4.05. The van der Waals surface area contributed by atoms with E-state index in [1.807, 2.05) is 13.2 Å². The minimum absolute atomic E-state index is 0.139. The fourth-order valence-electron chi connectivity index (χ4n) is 5.90. The number of pyridine rings is 1. The number of anilines is 1. The summed E-state index contributed by atoms with van der Waals surface area (Å²) in [5, 5.41) is 4.03. The second-order valence-corrected chi connectivity index (χ2v) is 12.2. The average Bonchev–Trinajstić information content (AvgIpc) is 3.80. The van der Waals surface area contributed by atoms with Crippen molar-refractivity contribution in [2.24, 2.45) is 12.8 Å². The van der Waals surface area contributed by atoms with Crippen molar-refractivity contribution in [3.05, 3.63) is 89.9 Å². The van der Waals surface area contributed by atoms with Crippen molar-refractivity contribution >= 4 is 11.7 Å². The standard InChI is InChI=1S/C25H34N2O.C10H11N5O/c1-26(2)24-15-16-27(18-24)17-20-7-11-22(12-8-20)23-13-9-21(10-14-23)19-28-25-5-3-4-6-25;1-15-5-7(4-14-15)6-2-8(10(12)16)9(11)13-3-6/h7-14,24-25H,3-6,15-19H2,1-2H3;2-5H,1H3,(H2,11,13)(H2,12,16). The summed E-state index contributed by atoms with van der Waals surface area (Å²) in [6.07, 6.45) is 12.0. The molecule has 9 nitrogen and oxygen atoms in total. The largest absolute Gasteiger partial charge is 0.383 e. The van der Waals surface area contributed by atoms with Gasteiger partial charge >= 0.3 is 0 Å². The lowest BCUT2D eigenvalue weighted by atomic mass is 10.0. The van der Waals surface area contributed by atoms with Crippen molar-refractivity contribution in [1.82, 2.24) is 24.6 Å². The van der Waals surface area contributed by atoms with Crippen molar-refractivity contribution in [3.8, 4) is 22.3 Å². The molecule has 0 radical (unpaired) electrons. The van der Waals surface area contributed by atoms with Gasteiger partial charge in [-0.1, -0.05) is 61.4 Å². The average molecular weight is 596 g/mol. The summed E-state index contributed by atoms with van der Waals surface area (Å²) in [6, 6.07) is 20.3. The predicted octanol–water partition coefficient (Wildman–Crippen LogP) is 5.11. The minimum atomic E-state index is -0.587. The maximum atomic E-state index is 11.1. The van der Waals surface area contributed by atoms with Crippen molar-refractivity contribution < 1.29 is 9.53 Å². The molecule has 1 aliphatic carbocycles. The van der Waals surface area contributed by atoms with Crippen LogP contribution in [0.1, 0.15) is 53.6 Å². The van der Waals surface area contributed by atoms with E-state index in [2.05, 4.69) is 82.5 Å². The molecule has 4 aromatic rings. The molecule has 0 bridgehead atoms. The third-order valence-corrected chi connectivity index (χ3v) is 8.64. The number of nitrogen functional groups attached to an aromatic ring is 1. The lowest BCUT2D eigenvalue weighted by Crippen LogP contribution is -2.31. The highest BCUT2D eigenvalue weighted by molar-refractivity contribution is 5.98. The van der Waals surface area contributed by atoms with E-state index in [-0.39, 0.29) is 11.4 Å². The summed E-state index contributed by atoms with van der Waals surface area (Å²) in [5.74, 6) is -0.448. The Balaban J connectivity index is 0.000000204. The summed E-state index contributed by atoms with van der Waals surface area (Å²) in [5.41, 5.74) is 17.8. The van der Waals surface area contributed by atoms with Crippen LogP contribution in [0.25, 0.3) is 22.3 Å². The van der Waals surface area contributed by atoms with Gasteiger partial charge in [0.25, 0.3) is 5.91 Å². The molecule has 2 aliphatic rings. The fourth-order valence-corrected chi connectivity index (χ4v) is 5.90. The maximum Gasteiger partial charge on any atom is 0.252 e. The Labute approximate surface area is 260 Å². The Morgan fingerprint density at radius 2 is 1.59 bits per heavy atom. The van der Waals surface area contributed by atoms with Gasteiger partial charge < -0.3 is 21.1 Å². The smallest absolute Gasteiger partial charge is 0.252 e. The Morgan fingerprint density at radius 3 is 2.16 bits per heavy atom. The van der Waals surface area contributed by atoms with Crippen LogP contribution in [0.4, 0.5) is 5.82 Å². The van der Waals surface area contributed by atoms with Crippen LogP contribution < -0.4 is 11.5 Å². The van der Waals surface area contributed by atoms with E-state index < -0.39 is 5.91 Å². The van der Waals surface area contributed by atoms with Gasteiger partial charge in [-0.15, -0.1) is 0 Å². The normalized spacial score (nSPS) is 17.1. The summed E-state index contributed by atoms with van der Waals surface area (Å²) in [7, 11) is 6.19. The number of carbonyl (C=O) groups is 1. The molecule has 232 valence electrons. The molecule has 1 saturated heterocycles. The number of ether oxygens (including phenoxy) is 1. The molecule has 9 heteroatoms. The van der Waals surface area contributed by atoms with Crippen LogP contribution >= 0.6 is 0 Å². The van der Waals surface area contributed by atoms with Crippen molar-refractivity contribution in [3.63, 3.8) is 0 Å². The SMILES string of the molecule is CN(C)C1CCN(Cc2ccc(-c3ccc(COC4CCCC4)cc3)cc2)C1.Cn1cc(-c2cnc(N)c(C(N)=O)c2)cn1. The van der Waals surface area contributed by atoms with E-state index in [0.29, 0.717) is 12.1 Å². The van der Waals surface area contributed by atoms with E-state index in [0.717, 1.165) is 24.3 Å². The number of nitrogens with two attached hydrogens (primary N) is 2. The second-order valence-electron chi connectivity index (χ2n) is 12.2. The van der Waals surface area contributed by atoms with Gasteiger partial charge in [0.1, 0.15) is 5.82 Å². The minimum Gasteiger partial charge on any atom is -0.383 e. The highest BCUT2D eigenvalue weighted by Gasteiger charge is 2.23. The molecule has 3 heterocycles. The summed E-state index contributed by atoms with van der Waals surface area (Å²) >= 11 is 0. The lowest BCUT2D eigenvalue weighted by Gasteiger charge is -2.20. The van der Waals surface area contributed by atoms with Crippen LogP contribution in [-0.4, -0.2) is 69.8 Å². The van der Waals surface area contributed by atoms with Gasteiger partial charge in [-0.25, -0.2) is 4.98 Å². The maximum absolute atomic E-state index is 11.1. The third kappa shape index (κ3) is 8.31. The molecule has 2 fully saturated rings. The molecule has 4 N–H and O–H groups in total. The second kappa shape index (κ2) is 14.6. The zero-order valence-electron chi connectivity index (χ0n) is 26.2. The van der Waals surface area contributed by atoms with Crippen molar-refractivity contribution in [1.29, 1.82) is 0 Å². The molecule has 1 atom stereocenters. The van der Waals surface area contributed by atoms with Gasteiger partial charge in [0, 0.05) is 56.2 Å². The van der Waals surface area contributed by atoms with Crippen LogP contribution in [0, 0.1) is 0 Å². The number of likely N-dealkylation sites (N-methyl/N-ethyl adjacent to an activating group) is 1. The number of likely N-dealkylation sites (tertiary alicyclic amines) is 1. The number of primary amides is 1. The molecule has 1 amide bonds. The monoisotopic (exact) mass is 595 g/mol. The van der Waals surface area contributed by atoms with E-state index >= 15 is 0 Å². The topological polar surface area (TPSA) is 116 Å². The number of aryl methyl sites for hydroxylation is 1. The molecule has 1 aliphatic heterocycles. The third-order valence-electron chi connectivity index (χ3n) is 8.64. The predicted molar refractivity (Wildman–Crippen MR) is 176 cm³/mol. The highest BCUT2D eigenvalue weighted by Crippen LogP contribution is 2.25. The first-order valence-electron chi connectivity index (χ1n) is 15.5. The number of carbonyl (C=O) groups excluding carboxylic acids is 1. The van der Waals surface area contributed by atoms with E-state index in [9.17, 15) is 4.79 Å². The number of hydrogen-bond donors (Lipinski definition) is 2. The van der Waals surface area contributed by atoms with Gasteiger partial charge in [-0.3, -0.25) is 14.4 Å². The molecule has 2 aromatic heterocycles. The number of benzene rings is 2. The number of amides is 1. The number of nitrogens with zero attached hydrogens (tertiary/aromatic N) is 5. The van der Waals surface area contributed by atoms with Crippen molar-refractivity contribution in [2.75, 3.05) is 32.9 Å². The van der Waals surface area contributed by atoms with Gasteiger partial charge in [-0.2, -0.15) is 5.10 Å². The van der Waals surface area contributed by atoms with Crippen molar-refractivity contribution in [2.45, 2.75) is 57.4 Å². The van der Waals surface area contributed by atoms with Gasteiger partial charge in [-0.05, 0) is 61.7 Å². The Morgan fingerprint density at radius 1 is 0.932 bits per heavy atom. The first-order chi connectivity index (χ1) is 21.2. The van der Waals surface area contributed by atoms with Crippen LogP contribution in [0.2, 0.25) is 0 Å². The van der Waals surface area contributed by atoms with Gasteiger partial charge in [0.2, 0.25) is 0 Å². The lowest BCUT2D eigenvalue weighted by molar-refractivity contribution is 0.0457. The Bertz CT molecular complexity index is 1510. The number of aromatic nitrogens is 3. The number of rotatable bonds is 9. The molecule has 6 rings (SSSR count). The molecular weight excluding hydrogens is 550 g/mol. The van der Waals surface area contributed by atoms with Gasteiger partial charge in [0.15, 0.2) is 0 Å². The summed E-state index contributed by atoms with van der Waals surface area (Å²) in [6.45, 7) is 4.18. The molecule has 0 spiro atoms. The van der Waals surface area contributed by atoms with E-state index in [4.69, 9.17) is 16.2 Å².